The number of rotatable bonds is 3. The number of likely N-dealkylation sites (N-methyl/N-ethyl adjacent to an activating group) is 1. The van der Waals surface area contributed by atoms with Crippen LogP contribution in [0.1, 0.15) is 11.1 Å². The summed E-state index contributed by atoms with van der Waals surface area (Å²) in [5.41, 5.74) is 2.75. The summed E-state index contributed by atoms with van der Waals surface area (Å²) in [6, 6.07) is 25.7. The Morgan fingerprint density at radius 2 is 1.56 bits per heavy atom. The first-order chi connectivity index (χ1) is 12.1. The standard InChI is InChI=1S/C21H17BrN2O/c1-24-19-13-12-16(22)14-18(19)21(20(24)25,15-8-4-2-5-9-15)23-17-10-6-3-7-11-17/h2-14,23H,1H3/t21-/m0/s1. The van der Waals surface area contributed by atoms with E-state index in [0.29, 0.717) is 0 Å². The Morgan fingerprint density at radius 1 is 0.920 bits per heavy atom. The molecule has 1 amide bonds. The van der Waals surface area contributed by atoms with E-state index in [2.05, 4.69) is 21.2 Å². The number of anilines is 2. The van der Waals surface area contributed by atoms with Crippen molar-refractivity contribution in [3.8, 4) is 0 Å². The van der Waals surface area contributed by atoms with Crippen molar-refractivity contribution in [3.63, 3.8) is 0 Å². The number of nitrogens with one attached hydrogen (secondary N) is 1. The van der Waals surface area contributed by atoms with Gasteiger partial charge in [-0.3, -0.25) is 4.79 Å². The predicted octanol–water partition coefficient (Wildman–Crippen LogP) is 4.78. The van der Waals surface area contributed by atoms with E-state index in [1.165, 1.54) is 0 Å². The van der Waals surface area contributed by atoms with Crippen LogP contribution in [0.15, 0.2) is 83.3 Å². The zero-order valence-electron chi connectivity index (χ0n) is 13.7. The summed E-state index contributed by atoms with van der Waals surface area (Å²) in [5, 5.41) is 3.52. The smallest absolute Gasteiger partial charge is 0.261 e. The van der Waals surface area contributed by atoms with E-state index in [1.807, 2.05) is 85.9 Å². The molecule has 1 atom stereocenters. The van der Waals surface area contributed by atoms with E-state index >= 15 is 0 Å². The van der Waals surface area contributed by atoms with Crippen molar-refractivity contribution in [1.29, 1.82) is 0 Å². The molecule has 0 unspecified atom stereocenters. The molecule has 0 bridgehead atoms. The van der Waals surface area contributed by atoms with Crippen LogP contribution in [0.3, 0.4) is 0 Å². The molecule has 1 aliphatic rings. The SMILES string of the molecule is CN1C(=O)[C@](Nc2ccccc2)(c2ccccc2)c2cc(Br)ccc21. The summed E-state index contributed by atoms with van der Waals surface area (Å²) in [6.07, 6.45) is 0. The lowest BCUT2D eigenvalue weighted by atomic mass is 9.83. The maximum atomic E-state index is 13.4. The number of fused-ring (bicyclic) bond motifs is 1. The Kier molecular flexibility index (Phi) is 3.85. The van der Waals surface area contributed by atoms with Gasteiger partial charge < -0.3 is 10.2 Å². The van der Waals surface area contributed by atoms with Crippen molar-refractivity contribution in [2.45, 2.75) is 5.54 Å². The minimum Gasteiger partial charge on any atom is -0.364 e. The summed E-state index contributed by atoms with van der Waals surface area (Å²) < 4.78 is 0.949. The lowest BCUT2D eigenvalue weighted by Crippen LogP contribution is -2.46. The van der Waals surface area contributed by atoms with E-state index < -0.39 is 5.54 Å². The highest BCUT2D eigenvalue weighted by Gasteiger charge is 2.51. The Hall–Kier alpha value is -2.59. The van der Waals surface area contributed by atoms with Crippen molar-refractivity contribution in [2.24, 2.45) is 0 Å². The van der Waals surface area contributed by atoms with Crippen molar-refractivity contribution in [3.05, 3.63) is 94.5 Å². The average molecular weight is 393 g/mol. The molecule has 0 fully saturated rings. The van der Waals surface area contributed by atoms with Gasteiger partial charge in [-0.15, -0.1) is 0 Å². The molecule has 0 saturated carbocycles. The van der Waals surface area contributed by atoms with E-state index in [4.69, 9.17) is 0 Å². The van der Waals surface area contributed by atoms with Gasteiger partial charge in [-0.2, -0.15) is 0 Å². The van der Waals surface area contributed by atoms with Crippen molar-refractivity contribution < 1.29 is 4.79 Å². The first-order valence-electron chi connectivity index (χ1n) is 8.10. The van der Waals surface area contributed by atoms with Gasteiger partial charge in [0, 0.05) is 28.5 Å². The van der Waals surface area contributed by atoms with Crippen LogP contribution >= 0.6 is 15.9 Å². The summed E-state index contributed by atoms with van der Waals surface area (Å²) in [5.74, 6) is 0.00986. The lowest BCUT2D eigenvalue weighted by molar-refractivity contribution is -0.120. The van der Waals surface area contributed by atoms with Crippen LogP contribution in [0.2, 0.25) is 0 Å². The third-order valence-corrected chi connectivity index (χ3v) is 5.16. The highest BCUT2D eigenvalue weighted by Crippen LogP contribution is 2.46. The quantitative estimate of drug-likeness (QED) is 0.695. The molecule has 3 nitrogen and oxygen atoms in total. The molecule has 1 aliphatic heterocycles. The topological polar surface area (TPSA) is 32.3 Å². The Bertz CT molecular complexity index is 927. The second-order valence-electron chi connectivity index (χ2n) is 6.13. The van der Waals surface area contributed by atoms with Gasteiger partial charge in [0.2, 0.25) is 0 Å². The number of hydrogen-bond donors (Lipinski definition) is 1. The fourth-order valence-corrected chi connectivity index (χ4v) is 3.84. The number of carbonyl (C=O) groups is 1. The van der Waals surface area contributed by atoms with Crippen LogP contribution < -0.4 is 10.2 Å². The number of halogens is 1. The largest absolute Gasteiger partial charge is 0.364 e. The summed E-state index contributed by atoms with van der Waals surface area (Å²) >= 11 is 3.56. The normalized spacial score (nSPS) is 19.0. The van der Waals surface area contributed by atoms with Gasteiger partial charge >= 0.3 is 0 Å². The second kappa shape index (κ2) is 6.05. The van der Waals surface area contributed by atoms with Gasteiger partial charge in [0.1, 0.15) is 0 Å². The van der Waals surface area contributed by atoms with Crippen LogP contribution in [0.25, 0.3) is 0 Å². The predicted molar refractivity (Wildman–Crippen MR) is 105 cm³/mol. The van der Waals surface area contributed by atoms with Gasteiger partial charge in [-0.05, 0) is 35.9 Å². The van der Waals surface area contributed by atoms with Crippen LogP contribution in [0, 0.1) is 0 Å². The minimum absolute atomic E-state index is 0.00986. The third kappa shape index (κ3) is 2.45. The molecule has 1 N–H and O–H groups in total. The van der Waals surface area contributed by atoms with E-state index in [0.717, 1.165) is 27.0 Å². The van der Waals surface area contributed by atoms with Gasteiger partial charge in [0.05, 0.1) is 0 Å². The highest BCUT2D eigenvalue weighted by atomic mass is 79.9. The Balaban J connectivity index is 1.99. The van der Waals surface area contributed by atoms with E-state index in [1.54, 1.807) is 4.90 Å². The zero-order valence-corrected chi connectivity index (χ0v) is 15.3. The number of para-hydroxylation sites is 1. The first kappa shape index (κ1) is 15.9. The maximum absolute atomic E-state index is 13.4. The molecular weight excluding hydrogens is 376 g/mol. The minimum atomic E-state index is -0.948. The number of carbonyl (C=O) groups excluding carboxylic acids is 1. The summed E-state index contributed by atoms with van der Waals surface area (Å²) in [4.78, 5) is 15.2. The van der Waals surface area contributed by atoms with Crippen molar-refractivity contribution in [1.82, 2.24) is 0 Å². The zero-order chi connectivity index (χ0) is 17.4. The summed E-state index contributed by atoms with van der Waals surface area (Å²) in [6.45, 7) is 0. The molecular formula is C21H17BrN2O. The van der Waals surface area contributed by atoms with Crippen molar-refractivity contribution in [2.75, 3.05) is 17.3 Å². The van der Waals surface area contributed by atoms with Crippen LogP contribution in [0.4, 0.5) is 11.4 Å². The number of benzene rings is 3. The molecule has 124 valence electrons. The first-order valence-corrected chi connectivity index (χ1v) is 8.89. The van der Waals surface area contributed by atoms with Crippen LogP contribution in [-0.2, 0) is 10.3 Å². The van der Waals surface area contributed by atoms with Gasteiger partial charge in [0.25, 0.3) is 5.91 Å². The Labute approximate surface area is 155 Å². The van der Waals surface area contributed by atoms with Crippen LogP contribution in [0.5, 0.6) is 0 Å². The molecule has 4 rings (SSSR count). The third-order valence-electron chi connectivity index (χ3n) is 4.66. The van der Waals surface area contributed by atoms with E-state index in [9.17, 15) is 4.79 Å². The number of hydrogen-bond acceptors (Lipinski definition) is 2. The van der Waals surface area contributed by atoms with Gasteiger partial charge in [-0.25, -0.2) is 0 Å². The molecule has 0 saturated heterocycles. The number of nitrogens with zero attached hydrogens (tertiary/aromatic N) is 1. The molecule has 4 heteroatoms. The molecule has 3 aromatic carbocycles. The molecule has 3 aromatic rings. The van der Waals surface area contributed by atoms with Gasteiger partial charge in [-0.1, -0.05) is 64.5 Å². The molecule has 1 heterocycles. The fourth-order valence-electron chi connectivity index (χ4n) is 3.48. The average Bonchev–Trinajstić information content (AvgIpc) is 2.85. The number of amides is 1. The van der Waals surface area contributed by atoms with E-state index in [-0.39, 0.29) is 5.91 Å². The molecule has 25 heavy (non-hydrogen) atoms. The maximum Gasteiger partial charge on any atom is 0.261 e. The molecule has 0 radical (unpaired) electrons. The lowest BCUT2D eigenvalue weighted by Gasteiger charge is -2.31. The summed E-state index contributed by atoms with van der Waals surface area (Å²) in [7, 11) is 1.83. The van der Waals surface area contributed by atoms with Crippen molar-refractivity contribution >= 4 is 33.2 Å². The van der Waals surface area contributed by atoms with Gasteiger partial charge in [0.15, 0.2) is 5.54 Å². The fraction of sp³-hybridized carbons (Fsp3) is 0.0952. The molecule has 0 aromatic heterocycles. The molecule has 0 aliphatic carbocycles. The monoisotopic (exact) mass is 392 g/mol. The molecule has 0 spiro atoms. The highest BCUT2D eigenvalue weighted by molar-refractivity contribution is 9.10. The second-order valence-corrected chi connectivity index (χ2v) is 7.05. The Morgan fingerprint density at radius 3 is 2.24 bits per heavy atom. The van der Waals surface area contributed by atoms with Crippen LogP contribution in [-0.4, -0.2) is 13.0 Å².